The number of aromatic hydroxyl groups is 1. The molecular formula is C20H18F5N5O2. The van der Waals surface area contributed by atoms with Crippen molar-refractivity contribution in [2.75, 3.05) is 31.1 Å². The van der Waals surface area contributed by atoms with Crippen molar-refractivity contribution >= 4 is 22.6 Å². The van der Waals surface area contributed by atoms with Crippen LogP contribution in [-0.2, 0) is 18.0 Å². The summed E-state index contributed by atoms with van der Waals surface area (Å²) in [7, 11) is 1.48. The highest BCUT2D eigenvalue weighted by Gasteiger charge is 2.38. The molecule has 1 amide bonds. The Morgan fingerprint density at radius 3 is 2.50 bits per heavy atom. The zero-order chi connectivity index (χ0) is 23.4. The number of phenolic OH excluding ortho intramolecular Hbond substituents is 1. The van der Waals surface area contributed by atoms with Gasteiger partial charge < -0.3 is 5.11 Å². The van der Waals surface area contributed by atoms with Crippen LogP contribution in [0, 0.1) is 11.6 Å². The summed E-state index contributed by atoms with van der Waals surface area (Å²) in [4.78, 5) is 20.1. The first-order chi connectivity index (χ1) is 15.0. The molecule has 2 aromatic heterocycles. The predicted octanol–water partition coefficient (Wildman–Crippen LogP) is 3.31. The van der Waals surface area contributed by atoms with E-state index in [1.165, 1.54) is 28.9 Å². The number of hydrogen-bond acceptors (Lipinski definition) is 5. The lowest BCUT2D eigenvalue weighted by Crippen LogP contribution is -2.50. The van der Waals surface area contributed by atoms with Gasteiger partial charge in [0.25, 0.3) is 0 Å². The molecule has 1 aliphatic rings. The third-order valence-electron chi connectivity index (χ3n) is 5.48. The number of carbonyl (C=O) groups excluding carboxylic acids is 1. The molecule has 0 atom stereocenters. The van der Waals surface area contributed by atoms with Crippen LogP contribution in [0.3, 0.4) is 0 Å². The van der Waals surface area contributed by atoms with Gasteiger partial charge in [0.1, 0.15) is 11.5 Å². The van der Waals surface area contributed by atoms with Crippen molar-refractivity contribution in [1.29, 1.82) is 0 Å². The van der Waals surface area contributed by atoms with Crippen LogP contribution in [0.2, 0.25) is 0 Å². The maximum atomic E-state index is 14.6. The Hall–Kier alpha value is -3.28. The average molecular weight is 455 g/mol. The minimum Gasteiger partial charge on any atom is -0.503 e. The van der Waals surface area contributed by atoms with Crippen molar-refractivity contribution < 1.29 is 31.9 Å². The van der Waals surface area contributed by atoms with E-state index < -0.39 is 34.7 Å². The Morgan fingerprint density at radius 1 is 1.16 bits per heavy atom. The van der Waals surface area contributed by atoms with Gasteiger partial charge in [0.15, 0.2) is 17.4 Å². The lowest BCUT2D eigenvalue weighted by Gasteiger charge is -2.32. The number of aryl methyl sites for hydroxylation is 1. The zero-order valence-electron chi connectivity index (χ0n) is 17.0. The van der Waals surface area contributed by atoms with Crippen LogP contribution in [0.4, 0.5) is 27.8 Å². The molecule has 1 N–H and O–H groups in total. The number of carbonyl (C=O) groups is 1. The molecule has 3 heterocycles. The maximum Gasteiger partial charge on any atom is 0.419 e. The minimum absolute atomic E-state index is 0.156. The van der Waals surface area contributed by atoms with E-state index in [1.807, 2.05) is 11.8 Å². The van der Waals surface area contributed by atoms with Crippen LogP contribution in [0.15, 0.2) is 18.3 Å². The van der Waals surface area contributed by atoms with Gasteiger partial charge in [-0.2, -0.15) is 18.3 Å². The number of halogens is 5. The molecule has 0 aliphatic carbocycles. The zero-order valence-corrected chi connectivity index (χ0v) is 17.0. The molecule has 0 saturated carbocycles. The Bertz CT molecular complexity index is 1220. The number of anilines is 1. The molecule has 1 saturated heterocycles. The first-order valence-corrected chi connectivity index (χ1v) is 9.67. The fraction of sp³-hybridized carbons (Fsp3) is 0.350. The lowest BCUT2D eigenvalue weighted by atomic mass is 10.0. The smallest absolute Gasteiger partial charge is 0.419 e. The van der Waals surface area contributed by atoms with Gasteiger partial charge in [-0.15, -0.1) is 0 Å². The second-order valence-electron chi connectivity index (χ2n) is 7.39. The summed E-state index contributed by atoms with van der Waals surface area (Å²) in [5, 5.41) is 13.9. The summed E-state index contributed by atoms with van der Waals surface area (Å²) < 4.78 is 69.2. The van der Waals surface area contributed by atoms with Crippen LogP contribution in [0.1, 0.15) is 12.5 Å². The Morgan fingerprint density at radius 2 is 1.88 bits per heavy atom. The van der Waals surface area contributed by atoms with Gasteiger partial charge in [-0.25, -0.2) is 13.8 Å². The van der Waals surface area contributed by atoms with E-state index in [1.54, 1.807) is 0 Å². The molecule has 7 nitrogen and oxygen atoms in total. The molecule has 32 heavy (non-hydrogen) atoms. The van der Waals surface area contributed by atoms with Crippen molar-refractivity contribution in [1.82, 2.24) is 19.7 Å². The van der Waals surface area contributed by atoms with E-state index in [0.29, 0.717) is 24.4 Å². The second kappa shape index (κ2) is 7.69. The predicted molar refractivity (Wildman–Crippen MR) is 105 cm³/mol. The van der Waals surface area contributed by atoms with Gasteiger partial charge in [-0.05, 0) is 12.6 Å². The summed E-state index contributed by atoms with van der Waals surface area (Å²) in [6.45, 7) is 3.96. The Labute approximate surface area is 178 Å². The number of alkyl halides is 3. The van der Waals surface area contributed by atoms with Gasteiger partial charge in [-0.1, -0.05) is 6.92 Å². The SMILES string of the molecule is CCN1CCN(c2cc3c(cn2)c(-c2cc(C(F)(F)F)c(F)c(O)c2F)nn3C)C(=O)C1. The van der Waals surface area contributed by atoms with Crippen molar-refractivity contribution in [2.45, 2.75) is 13.1 Å². The molecule has 0 spiro atoms. The summed E-state index contributed by atoms with van der Waals surface area (Å²) >= 11 is 0. The van der Waals surface area contributed by atoms with Crippen molar-refractivity contribution in [3.63, 3.8) is 0 Å². The molecular weight excluding hydrogens is 437 g/mol. The number of benzene rings is 1. The van der Waals surface area contributed by atoms with Gasteiger partial charge in [0.05, 0.1) is 17.6 Å². The average Bonchev–Trinajstić information content (AvgIpc) is 3.07. The fourth-order valence-electron chi connectivity index (χ4n) is 3.72. The summed E-state index contributed by atoms with van der Waals surface area (Å²) in [6.07, 6.45) is -3.89. The first-order valence-electron chi connectivity index (χ1n) is 9.67. The van der Waals surface area contributed by atoms with Crippen molar-refractivity contribution in [2.24, 2.45) is 7.05 Å². The molecule has 0 unspecified atom stereocenters. The van der Waals surface area contributed by atoms with Crippen LogP contribution in [0.5, 0.6) is 5.75 Å². The fourth-order valence-corrected chi connectivity index (χ4v) is 3.72. The highest BCUT2D eigenvalue weighted by Crippen LogP contribution is 2.41. The number of fused-ring (bicyclic) bond motifs is 1. The van der Waals surface area contributed by atoms with E-state index in [2.05, 4.69) is 10.1 Å². The number of rotatable bonds is 3. The normalized spacial score (nSPS) is 15.7. The van der Waals surface area contributed by atoms with Crippen LogP contribution >= 0.6 is 0 Å². The third-order valence-corrected chi connectivity index (χ3v) is 5.48. The first kappa shape index (κ1) is 21.9. The Kier molecular flexibility index (Phi) is 5.27. The van der Waals surface area contributed by atoms with E-state index in [4.69, 9.17) is 0 Å². The number of pyridine rings is 1. The van der Waals surface area contributed by atoms with Gasteiger partial charge in [0, 0.05) is 43.4 Å². The Balaban J connectivity index is 1.82. The van der Waals surface area contributed by atoms with Gasteiger partial charge in [-0.3, -0.25) is 19.3 Å². The number of aromatic nitrogens is 3. The molecule has 170 valence electrons. The van der Waals surface area contributed by atoms with Crippen molar-refractivity contribution in [3.05, 3.63) is 35.5 Å². The van der Waals surface area contributed by atoms with Crippen molar-refractivity contribution in [3.8, 4) is 17.0 Å². The number of hydrogen-bond donors (Lipinski definition) is 1. The summed E-state index contributed by atoms with van der Waals surface area (Å²) in [5.41, 5.74) is -2.41. The minimum atomic E-state index is -5.15. The van der Waals surface area contributed by atoms with Crippen LogP contribution < -0.4 is 4.90 Å². The molecule has 3 aromatic rings. The molecule has 1 fully saturated rings. The van der Waals surface area contributed by atoms with E-state index >= 15 is 0 Å². The largest absolute Gasteiger partial charge is 0.503 e. The van der Waals surface area contributed by atoms with Crippen LogP contribution in [-0.4, -0.2) is 56.9 Å². The van der Waals surface area contributed by atoms with Crippen LogP contribution in [0.25, 0.3) is 22.2 Å². The number of piperazine rings is 1. The quantitative estimate of drug-likeness (QED) is 0.614. The van der Waals surface area contributed by atoms with E-state index in [0.717, 1.165) is 6.54 Å². The van der Waals surface area contributed by atoms with E-state index in [-0.39, 0.29) is 29.6 Å². The number of phenols is 1. The number of amides is 1. The molecule has 1 aliphatic heterocycles. The van der Waals surface area contributed by atoms with E-state index in [9.17, 15) is 31.9 Å². The molecule has 12 heteroatoms. The monoisotopic (exact) mass is 455 g/mol. The molecule has 1 aromatic carbocycles. The summed E-state index contributed by atoms with van der Waals surface area (Å²) in [6, 6.07) is 1.80. The summed E-state index contributed by atoms with van der Waals surface area (Å²) in [5.74, 6) is -5.23. The lowest BCUT2D eigenvalue weighted by molar-refractivity contribution is -0.140. The maximum absolute atomic E-state index is 14.6. The molecule has 4 rings (SSSR count). The highest BCUT2D eigenvalue weighted by molar-refractivity contribution is 5.98. The van der Waals surface area contributed by atoms with Gasteiger partial charge >= 0.3 is 6.18 Å². The molecule has 0 bridgehead atoms. The number of nitrogens with zero attached hydrogens (tertiary/aromatic N) is 5. The standard InChI is InChI=1S/C20H18F5N5O2/c1-3-29-4-5-30(15(31)9-29)14-7-13-11(8-26-14)18(27-28(13)2)10-6-12(20(23,24)25)17(22)19(32)16(10)21/h6-8,32H,3-5,9H2,1-2H3. The topological polar surface area (TPSA) is 74.5 Å². The number of likely N-dealkylation sites (N-methyl/N-ethyl adjacent to an activating group) is 1. The third kappa shape index (κ3) is 3.53. The molecule has 0 radical (unpaired) electrons. The second-order valence-corrected chi connectivity index (χ2v) is 7.39. The van der Waals surface area contributed by atoms with Gasteiger partial charge in [0.2, 0.25) is 5.91 Å². The highest BCUT2D eigenvalue weighted by atomic mass is 19.4.